The number of anilines is 3. The van der Waals surface area contributed by atoms with Crippen LogP contribution in [0.2, 0.25) is 0 Å². The van der Waals surface area contributed by atoms with Crippen LogP contribution in [0.15, 0.2) is 65.0 Å². The molecule has 3 N–H and O–H groups in total. The molecule has 0 bridgehead atoms. The largest absolute Gasteiger partial charge is 0.462 e. The molecule has 1 aromatic heterocycles. The molecule has 156 valence electrons. The smallest absolute Gasteiger partial charge is 0.338 e. The lowest BCUT2D eigenvalue weighted by molar-refractivity contribution is 0.0526. The summed E-state index contributed by atoms with van der Waals surface area (Å²) in [6.45, 7) is 2.06. The zero-order valence-corrected chi connectivity index (χ0v) is 18.2. The summed E-state index contributed by atoms with van der Waals surface area (Å²) >= 11 is 6.47. The Bertz CT molecular complexity index is 1110. The van der Waals surface area contributed by atoms with Gasteiger partial charge in [-0.3, -0.25) is 4.72 Å². The van der Waals surface area contributed by atoms with Gasteiger partial charge in [-0.15, -0.1) is 11.3 Å². The van der Waals surface area contributed by atoms with Crippen LogP contribution in [0.1, 0.15) is 17.3 Å². The fourth-order valence-electron chi connectivity index (χ4n) is 2.36. The number of aromatic nitrogens is 1. The molecular formula is C19H18N4O4S3. The maximum absolute atomic E-state index is 12.4. The van der Waals surface area contributed by atoms with Crippen molar-refractivity contribution in [2.24, 2.45) is 0 Å². The highest BCUT2D eigenvalue weighted by Gasteiger charge is 2.15. The molecule has 3 rings (SSSR count). The van der Waals surface area contributed by atoms with Crippen LogP contribution >= 0.6 is 23.6 Å². The van der Waals surface area contributed by atoms with Crippen LogP contribution in [0.25, 0.3) is 0 Å². The predicted molar refractivity (Wildman–Crippen MR) is 122 cm³/mol. The number of ether oxygens (including phenoxy) is 1. The van der Waals surface area contributed by atoms with Crippen molar-refractivity contribution < 1.29 is 17.9 Å². The van der Waals surface area contributed by atoms with E-state index in [2.05, 4.69) is 20.3 Å². The van der Waals surface area contributed by atoms with Crippen molar-refractivity contribution in [1.29, 1.82) is 0 Å². The SMILES string of the molecule is CCOC(=O)c1ccc(NC(=S)Nc2ccc(S(=O)(=O)Nc3nccs3)cc2)cc1. The molecule has 0 spiro atoms. The van der Waals surface area contributed by atoms with E-state index >= 15 is 0 Å². The Morgan fingerprint density at radius 3 is 2.20 bits per heavy atom. The lowest BCUT2D eigenvalue weighted by Crippen LogP contribution is -2.19. The Morgan fingerprint density at radius 1 is 1.07 bits per heavy atom. The molecule has 2 aromatic carbocycles. The molecule has 0 saturated carbocycles. The number of hydrogen-bond acceptors (Lipinski definition) is 7. The van der Waals surface area contributed by atoms with E-state index in [1.165, 1.54) is 29.7 Å². The number of nitrogens with zero attached hydrogens (tertiary/aromatic N) is 1. The van der Waals surface area contributed by atoms with Crippen molar-refractivity contribution in [3.63, 3.8) is 0 Å². The van der Waals surface area contributed by atoms with Crippen molar-refractivity contribution in [3.05, 3.63) is 65.7 Å². The van der Waals surface area contributed by atoms with Crippen LogP contribution in [-0.2, 0) is 14.8 Å². The normalized spacial score (nSPS) is 10.8. The summed E-state index contributed by atoms with van der Waals surface area (Å²) < 4.78 is 32.1. The predicted octanol–water partition coefficient (Wildman–Crippen LogP) is 3.93. The third-order valence-electron chi connectivity index (χ3n) is 3.73. The first-order valence-electron chi connectivity index (χ1n) is 8.75. The molecule has 3 aromatic rings. The Kier molecular flexibility index (Phi) is 6.98. The number of carbonyl (C=O) groups excluding carboxylic acids is 1. The third-order valence-corrected chi connectivity index (χ3v) is 6.11. The summed E-state index contributed by atoms with van der Waals surface area (Å²) in [6.07, 6.45) is 1.52. The van der Waals surface area contributed by atoms with Gasteiger partial charge in [-0.25, -0.2) is 18.2 Å². The van der Waals surface area contributed by atoms with E-state index in [0.717, 1.165) is 0 Å². The monoisotopic (exact) mass is 462 g/mol. The van der Waals surface area contributed by atoms with Crippen LogP contribution in [0, 0.1) is 0 Å². The first kappa shape index (κ1) is 21.7. The second kappa shape index (κ2) is 9.65. The minimum atomic E-state index is -3.71. The van der Waals surface area contributed by atoms with Gasteiger partial charge in [0.1, 0.15) is 0 Å². The summed E-state index contributed by atoms with van der Waals surface area (Å²) in [6, 6.07) is 12.8. The summed E-state index contributed by atoms with van der Waals surface area (Å²) in [5, 5.41) is 8.27. The fourth-order valence-corrected chi connectivity index (χ4v) is 4.39. The van der Waals surface area contributed by atoms with E-state index in [0.29, 0.717) is 33.8 Å². The number of rotatable bonds is 7. The molecule has 0 amide bonds. The van der Waals surface area contributed by atoms with Crippen molar-refractivity contribution in [2.45, 2.75) is 11.8 Å². The molecule has 0 aliphatic heterocycles. The topological polar surface area (TPSA) is 109 Å². The molecule has 0 saturated heterocycles. The van der Waals surface area contributed by atoms with Crippen LogP contribution in [0.4, 0.5) is 16.5 Å². The summed E-state index contributed by atoms with van der Waals surface area (Å²) in [5.74, 6) is -0.385. The Hall–Kier alpha value is -3.02. The van der Waals surface area contributed by atoms with Crippen LogP contribution in [-0.4, -0.2) is 31.1 Å². The number of benzene rings is 2. The van der Waals surface area contributed by atoms with Gasteiger partial charge in [0, 0.05) is 23.0 Å². The number of hydrogen-bond donors (Lipinski definition) is 3. The molecule has 0 fully saturated rings. The average Bonchev–Trinajstić information content (AvgIpc) is 3.21. The molecule has 8 nitrogen and oxygen atoms in total. The van der Waals surface area contributed by atoms with E-state index < -0.39 is 10.0 Å². The van der Waals surface area contributed by atoms with Gasteiger partial charge in [0.2, 0.25) is 0 Å². The Morgan fingerprint density at radius 2 is 1.67 bits per heavy atom. The number of thiocarbonyl (C=S) groups is 1. The van der Waals surface area contributed by atoms with Crippen molar-refractivity contribution >= 4 is 61.2 Å². The maximum Gasteiger partial charge on any atom is 0.338 e. The fraction of sp³-hybridized carbons (Fsp3) is 0.105. The zero-order chi connectivity index (χ0) is 21.6. The highest BCUT2D eigenvalue weighted by Crippen LogP contribution is 2.20. The van der Waals surface area contributed by atoms with Gasteiger partial charge in [-0.05, 0) is 67.7 Å². The van der Waals surface area contributed by atoms with Gasteiger partial charge in [-0.2, -0.15) is 0 Å². The van der Waals surface area contributed by atoms with Crippen molar-refractivity contribution in [1.82, 2.24) is 4.98 Å². The van der Waals surface area contributed by atoms with E-state index in [1.807, 2.05) is 0 Å². The van der Waals surface area contributed by atoms with Gasteiger partial charge < -0.3 is 15.4 Å². The second-order valence-corrected chi connectivity index (χ2v) is 8.83. The molecule has 0 aliphatic carbocycles. The summed E-state index contributed by atoms with van der Waals surface area (Å²) in [5.41, 5.74) is 1.75. The lowest BCUT2D eigenvalue weighted by Gasteiger charge is -2.12. The number of carbonyl (C=O) groups is 1. The Labute approximate surface area is 183 Å². The number of nitrogens with one attached hydrogen (secondary N) is 3. The van der Waals surface area contributed by atoms with E-state index in [9.17, 15) is 13.2 Å². The van der Waals surface area contributed by atoms with Gasteiger partial charge in [0.05, 0.1) is 17.1 Å². The van der Waals surface area contributed by atoms with Crippen LogP contribution < -0.4 is 15.4 Å². The minimum Gasteiger partial charge on any atom is -0.462 e. The summed E-state index contributed by atoms with van der Waals surface area (Å²) in [4.78, 5) is 15.7. The van der Waals surface area contributed by atoms with Crippen molar-refractivity contribution in [2.75, 3.05) is 22.0 Å². The minimum absolute atomic E-state index is 0.108. The number of sulfonamides is 1. The average molecular weight is 463 g/mol. The van der Waals surface area contributed by atoms with E-state index in [-0.39, 0.29) is 10.9 Å². The van der Waals surface area contributed by atoms with Crippen molar-refractivity contribution in [3.8, 4) is 0 Å². The highest BCUT2D eigenvalue weighted by atomic mass is 32.2. The van der Waals surface area contributed by atoms with Crippen LogP contribution in [0.3, 0.4) is 0 Å². The Balaban J connectivity index is 1.58. The quantitative estimate of drug-likeness (QED) is 0.358. The molecule has 0 unspecified atom stereocenters. The zero-order valence-electron chi connectivity index (χ0n) is 15.8. The van der Waals surface area contributed by atoms with Gasteiger partial charge in [-0.1, -0.05) is 0 Å². The molecule has 0 aliphatic rings. The second-order valence-electron chi connectivity index (χ2n) is 5.84. The van der Waals surface area contributed by atoms with E-state index in [4.69, 9.17) is 17.0 Å². The standard InChI is InChI=1S/C19H18N4O4S3/c1-2-27-17(24)13-3-5-14(6-4-13)21-18(28)22-15-7-9-16(10-8-15)30(25,26)23-19-20-11-12-29-19/h3-12H,2H2,1H3,(H,20,23)(H2,21,22,28). The molecule has 1 heterocycles. The van der Waals surface area contributed by atoms with Gasteiger partial charge in [0.25, 0.3) is 10.0 Å². The van der Waals surface area contributed by atoms with Crippen LogP contribution in [0.5, 0.6) is 0 Å². The molecule has 11 heteroatoms. The maximum atomic E-state index is 12.4. The first-order valence-corrected chi connectivity index (χ1v) is 11.5. The first-order chi connectivity index (χ1) is 14.4. The molecule has 0 atom stereocenters. The molecule has 0 radical (unpaired) electrons. The molecular weight excluding hydrogens is 444 g/mol. The van der Waals surface area contributed by atoms with E-state index in [1.54, 1.807) is 48.7 Å². The lowest BCUT2D eigenvalue weighted by atomic mass is 10.2. The highest BCUT2D eigenvalue weighted by molar-refractivity contribution is 7.93. The molecule has 30 heavy (non-hydrogen) atoms. The number of esters is 1. The summed E-state index contributed by atoms with van der Waals surface area (Å²) in [7, 11) is -3.71. The number of thiazole rings is 1. The third kappa shape index (κ3) is 5.75. The van der Waals surface area contributed by atoms with Gasteiger partial charge >= 0.3 is 5.97 Å². The van der Waals surface area contributed by atoms with Gasteiger partial charge in [0.15, 0.2) is 10.2 Å².